The summed E-state index contributed by atoms with van der Waals surface area (Å²) in [5.74, 6) is 0.474. The maximum atomic E-state index is 12.1. The predicted octanol–water partition coefficient (Wildman–Crippen LogP) is 4.62. The number of benzene rings is 2. The van der Waals surface area contributed by atoms with E-state index >= 15 is 0 Å². The molecule has 3 aromatic rings. The van der Waals surface area contributed by atoms with E-state index in [1.54, 1.807) is 12.3 Å². The van der Waals surface area contributed by atoms with Crippen LogP contribution in [-0.4, -0.2) is 10.9 Å². The number of amides is 1. The largest absolute Gasteiger partial charge is 0.354 e. The van der Waals surface area contributed by atoms with Gasteiger partial charge in [-0.05, 0) is 48.7 Å². The molecule has 0 atom stereocenters. The molecule has 0 aliphatic heterocycles. The Morgan fingerprint density at radius 3 is 2.52 bits per heavy atom. The number of carbonyl (C=O) groups is 1. The van der Waals surface area contributed by atoms with E-state index in [1.807, 2.05) is 36.4 Å². The molecule has 126 valence electrons. The number of pyridine rings is 1. The van der Waals surface area contributed by atoms with Crippen molar-refractivity contribution in [2.24, 2.45) is 0 Å². The number of nitrogens with one attached hydrogen (secondary N) is 2. The van der Waals surface area contributed by atoms with E-state index in [4.69, 9.17) is 0 Å². The lowest BCUT2D eigenvalue weighted by Gasteiger charge is -2.11. The number of nitrogens with zero attached hydrogens (tertiary/aromatic N) is 1. The number of aromatic nitrogens is 1. The Kier molecular flexibility index (Phi) is 5.09. The zero-order chi connectivity index (χ0) is 17.6. The van der Waals surface area contributed by atoms with Crippen molar-refractivity contribution in [1.29, 1.82) is 0 Å². The van der Waals surface area contributed by atoms with Gasteiger partial charge >= 0.3 is 0 Å². The highest BCUT2D eigenvalue weighted by molar-refractivity contribution is 5.91. The SMILES string of the molecule is Cc1ccc(C)c(Nc2ccc(NC(=O)Cc3ccccc3)nc2)c1. The van der Waals surface area contributed by atoms with E-state index in [9.17, 15) is 4.79 Å². The first-order valence-electron chi connectivity index (χ1n) is 8.24. The molecular formula is C21H21N3O. The Bertz CT molecular complexity index is 858. The minimum Gasteiger partial charge on any atom is -0.354 e. The second-order valence-electron chi connectivity index (χ2n) is 6.09. The van der Waals surface area contributed by atoms with Crippen molar-refractivity contribution in [3.05, 3.63) is 83.6 Å². The topological polar surface area (TPSA) is 54.0 Å². The molecule has 0 bridgehead atoms. The van der Waals surface area contributed by atoms with Crippen LogP contribution in [0, 0.1) is 13.8 Å². The average Bonchev–Trinajstić information content (AvgIpc) is 2.61. The molecule has 0 fully saturated rings. The van der Waals surface area contributed by atoms with Crippen LogP contribution in [0.1, 0.15) is 16.7 Å². The summed E-state index contributed by atoms with van der Waals surface area (Å²) in [6, 6.07) is 19.6. The van der Waals surface area contributed by atoms with E-state index in [-0.39, 0.29) is 5.91 Å². The fraction of sp³-hybridized carbons (Fsp3) is 0.143. The van der Waals surface area contributed by atoms with Crippen molar-refractivity contribution in [3.63, 3.8) is 0 Å². The molecule has 25 heavy (non-hydrogen) atoms. The molecule has 0 spiro atoms. The zero-order valence-corrected chi connectivity index (χ0v) is 14.4. The van der Waals surface area contributed by atoms with Gasteiger partial charge in [-0.15, -0.1) is 0 Å². The number of hydrogen-bond donors (Lipinski definition) is 2. The minimum atomic E-state index is -0.0751. The molecular weight excluding hydrogens is 310 g/mol. The van der Waals surface area contributed by atoms with Crippen LogP contribution in [0.15, 0.2) is 66.9 Å². The summed E-state index contributed by atoms with van der Waals surface area (Å²) in [5, 5.41) is 6.18. The number of aryl methyl sites for hydroxylation is 2. The van der Waals surface area contributed by atoms with Gasteiger partial charge in [0.2, 0.25) is 5.91 Å². The number of anilines is 3. The third-order valence-electron chi connectivity index (χ3n) is 3.91. The molecule has 0 saturated heterocycles. The predicted molar refractivity (Wildman–Crippen MR) is 102 cm³/mol. The summed E-state index contributed by atoms with van der Waals surface area (Å²) in [4.78, 5) is 16.4. The molecule has 1 amide bonds. The van der Waals surface area contributed by atoms with Gasteiger partial charge in [-0.25, -0.2) is 4.98 Å². The Balaban J connectivity index is 1.62. The molecule has 0 unspecified atom stereocenters. The van der Waals surface area contributed by atoms with Gasteiger partial charge in [0.1, 0.15) is 5.82 Å². The minimum absolute atomic E-state index is 0.0751. The second kappa shape index (κ2) is 7.62. The first-order chi connectivity index (χ1) is 12.1. The summed E-state index contributed by atoms with van der Waals surface area (Å²) in [7, 11) is 0. The van der Waals surface area contributed by atoms with Gasteiger partial charge < -0.3 is 10.6 Å². The summed E-state index contributed by atoms with van der Waals surface area (Å²) >= 11 is 0. The normalized spacial score (nSPS) is 10.3. The molecule has 1 aromatic heterocycles. The molecule has 1 heterocycles. The third-order valence-corrected chi connectivity index (χ3v) is 3.91. The zero-order valence-electron chi connectivity index (χ0n) is 14.4. The first-order valence-corrected chi connectivity index (χ1v) is 8.24. The highest BCUT2D eigenvalue weighted by Gasteiger charge is 2.05. The van der Waals surface area contributed by atoms with Gasteiger partial charge in [0, 0.05) is 5.69 Å². The Morgan fingerprint density at radius 1 is 1.00 bits per heavy atom. The highest BCUT2D eigenvalue weighted by atomic mass is 16.1. The lowest BCUT2D eigenvalue weighted by Crippen LogP contribution is -2.15. The number of hydrogen-bond acceptors (Lipinski definition) is 3. The monoisotopic (exact) mass is 331 g/mol. The molecule has 0 saturated carbocycles. The van der Waals surface area contributed by atoms with Gasteiger partial charge in [0.05, 0.1) is 18.3 Å². The van der Waals surface area contributed by atoms with E-state index in [2.05, 4.69) is 47.7 Å². The van der Waals surface area contributed by atoms with Crippen LogP contribution >= 0.6 is 0 Å². The van der Waals surface area contributed by atoms with E-state index < -0.39 is 0 Å². The maximum absolute atomic E-state index is 12.1. The molecule has 2 aromatic carbocycles. The Labute approximate surface area is 147 Å². The van der Waals surface area contributed by atoms with Crippen LogP contribution < -0.4 is 10.6 Å². The molecule has 4 nitrogen and oxygen atoms in total. The van der Waals surface area contributed by atoms with E-state index in [0.29, 0.717) is 12.2 Å². The lowest BCUT2D eigenvalue weighted by molar-refractivity contribution is -0.115. The third kappa shape index (κ3) is 4.67. The smallest absolute Gasteiger partial charge is 0.229 e. The maximum Gasteiger partial charge on any atom is 0.229 e. The van der Waals surface area contributed by atoms with Gasteiger partial charge in [-0.3, -0.25) is 4.79 Å². The molecule has 0 aliphatic rings. The summed E-state index contributed by atoms with van der Waals surface area (Å²) in [6.07, 6.45) is 2.06. The second-order valence-corrected chi connectivity index (χ2v) is 6.09. The average molecular weight is 331 g/mol. The van der Waals surface area contributed by atoms with Gasteiger partial charge in [0.25, 0.3) is 0 Å². The highest BCUT2D eigenvalue weighted by Crippen LogP contribution is 2.22. The first kappa shape index (κ1) is 16.7. The van der Waals surface area contributed by atoms with Crippen LogP contribution in [0.2, 0.25) is 0 Å². The summed E-state index contributed by atoms with van der Waals surface area (Å²) in [6.45, 7) is 4.13. The van der Waals surface area contributed by atoms with E-state index in [0.717, 1.165) is 16.9 Å². The Morgan fingerprint density at radius 2 is 1.80 bits per heavy atom. The molecule has 0 radical (unpaired) electrons. The fourth-order valence-electron chi connectivity index (χ4n) is 2.54. The fourth-order valence-corrected chi connectivity index (χ4v) is 2.54. The number of rotatable bonds is 5. The molecule has 0 aliphatic carbocycles. The van der Waals surface area contributed by atoms with Crippen molar-refractivity contribution < 1.29 is 4.79 Å². The summed E-state index contributed by atoms with van der Waals surface area (Å²) < 4.78 is 0. The standard InChI is InChI=1S/C21H21N3O/c1-15-8-9-16(2)19(12-15)23-18-10-11-20(22-14-18)24-21(25)13-17-6-4-3-5-7-17/h3-12,14,23H,13H2,1-2H3,(H,22,24,25). The van der Waals surface area contributed by atoms with Crippen molar-refractivity contribution in [3.8, 4) is 0 Å². The number of carbonyl (C=O) groups excluding carboxylic acids is 1. The van der Waals surface area contributed by atoms with Crippen molar-refractivity contribution in [1.82, 2.24) is 4.98 Å². The molecule has 3 rings (SSSR count). The van der Waals surface area contributed by atoms with Crippen LogP contribution in [0.25, 0.3) is 0 Å². The van der Waals surface area contributed by atoms with Crippen LogP contribution in [-0.2, 0) is 11.2 Å². The van der Waals surface area contributed by atoms with Gasteiger partial charge in [0.15, 0.2) is 0 Å². The van der Waals surface area contributed by atoms with Gasteiger partial charge in [-0.2, -0.15) is 0 Å². The van der Waals surface area contributed by atoms with Crippen molar-refractivity contribution in [2.45, 2.75) is 20.3 Å². The summed E-state index contributed by atoms with van der Waals surface area (Å²) in [5.41, 5.74) is 5.29. The van der Waals surface area contributed by atoms with Crippen LogP contribution in [0.4, 0.5) is 17.2 Å². The molecule has 2 N–H and O–H groups in total. The Hall–Kier alpha value is -3.14. The lowest BCUT2D eigenvalue weighted by atomic mass is 10.1. The molecule has 4 heteroatoms. The van der Waals surface area contributed by atoms with Crippen LogP contribution in [0.3, 0.4) is 0 Å². The quantitative estimate of drug-likeness (QED) is 0.717. The van der Waals surface area contributed by atoms with Crippen LogP contribution in [0.5, 0.6) is 0 Å². The van der Waals surface area contributed by atoms with E-state index in [1.165, 1.54) is 11.1 Å². The van der Waals surface area contributed by atoms with Gasteiger partial charge in [-0.1, -0.05) is 42.5 Å². The van der Waals surface area contributed by atoms with Crippen molar-refractivity contribution in [2.75, 3.05) is 10.6 Å². The van der Waals surface area contributed by atoms with Crippen molar-refractivity contribution >= 4 is 23.1 Å².